The maximum Gasteiger partial charge on any atom is 0.248 e. The molecule has 1 aliphatic rings. The van der Waals surface area contributed by atoms with Crippen molar-refractivity contribution < 1.29 is 9.53 Å². The lowest BCUT2D eigenvalue weighted by Crippen LogP contribution is -2.47. The Morgan fingerprint density at radius 3 is 3.14 bits per heavy atom. The summed E-state index contributed by atoms with van der Waals surface area (Å²) in [5.74, 6) is 0.0904. The molecule has 0 aromatic carbocycles. The Morgan fingerprint density at radius 2 is 2.43 bits per heavy atom. The van der Waals surface area contributed by atoms with Crippen LogP contribution in [0, 0.1) is 6.92 Å². The van der Waals surface area contributed by atoms with Gasteiger partial charge in [-0.1, -0.05) is 6.08 Å². The molecule has 21 heavy (non-hydrogen) atoms. The van der Waals surface area contributed by atoms with Gasteiger partial charge in [0.2, 0.25) is 5.91 Å². The Labute approximate surface area is 126 Å². The van der Waals surface area contributed by atoms with Gasteiger partial charge in [-0.2, -0.15) is 5.10 Å². The molecule has 0 spiro atoms. The number of hydrogen-bond acceptors (Lipinski definition) is 3. The minimum Gasteiger partial charge on any atom is -0.371 e. The lowest BCUT2D eigenvalue weighted by atomic mass is 10.0. The number of piperidine rings is 1. The van der Waals surface area contributed by atoms with Crippen molar-refractivity contribution in [3.05, 3.63) is 30.6 Å². The molecule has 0 radical (unpaired) electrons. The van der Waals surface area contributed by atoms with Crippen LogP contribution in [0.2, 0.25) is 0 Å². The highest BCUT2D eigenvalue weighted by Gasteiger charge is 2.27. The zero-order valence-electron chi connectivity index (χ0n) is 12.8. The third kappa shape index (κ3) is 4.70. The molecule has 0 saturated carbocycles. The number of aromatic nitrogens is 2. The van der Waals surface area contributed by atoms with Crippen LogP contribution in [0.1, 0.15) is 31.2 Å². The minimum atomic E-state index is 0.0904. The van der Waals surface area contributed by atoms with Crippen molar-refractivity contribution in [3.8, 4) is 0 Å². The summed E-state index contributed by atoms with van der Waals surface area (Å²) >= 11 is 0. The summed E-state index contributed by atoms with van der Waals surface area (Å²) in [6, 6.07) is 0.230. The SMILES string of the molecule is C=CCCOCC(=O)N1CCCC[C@H]1Cn1cc(C)cn1. The van der Waals surface area contributed by atoms with Crippen LogP contribution >= 0.6 is 0 Å². The van der Waals surface area contributed by atoms with E-state index < -0.39 is 0 Å². The number of hydrogen-bond donors (Lipinski definition) is 0. The third-order valence-corrected chi connectivity index (χ3v) is 3.80. The average molecular weight is 291 g/mol. The van der Waals surface area contributed by atoms with Crippen molar-refractivity contribution in [1.82, 2.24) is 14.7 Å². The fraction of sp³-hybridized carbons (Fsp3) is 0.625. The number of carbonyl (C=O) groups excluding carboxylic acids is 1. The molecule has 116 valence electrons. The summed E-state index contributed by atoms with van der Waals surface area (Å²) < 4.78 is 7.34. The lowest BCUT2D eigenvalue weighted by molar-refractivity contribution is -0.140. The van der Waals surface area contributed by atoms with Gasteiger partial charge >= 0.3 is 0 Å². The van der Waals surface area contributed by atoms with Crippen molar-refractivity contribution in [2.45, 2.75) is 45.2 Å². The highest BCUT2D eigenvalue weighted by atomic mass is 16.5. The second-order valence-corrected chi connectivity index (χ2v) is 5.61. The van der Waals surface area contributed by atoms with Gasteiger partial charge in [0.15, 0.2) is 0 Å². The van der Waals surface area contributed by atoms with Crippen molar-refractivity contribution in [2.24, 2.45) is 0 Å². The first kappa shape index (κ1) is 15.8. The van der Waals surface area contributed by atoms with E-state index >= 15 is 0 Å². The average Bonchev–Trinajstić information content (AvgIpc) is 2.89. The van der Waals surface area contributed by atoms with E-state index in [4.69, 9.17) is 4.74 Å². The number of likely N-dealkylation sites (tertiary alicyclic amines) is 1. The van der Waals surface area contributed by atoms with Crippen LogP contribution in [0.25, 0.3) is 0 Å². The van der Waals surface area contributed by atoms with E-state index in [9.17, 15) is 4.79 Å². The maximum absolute atomic E-state index is 12.3. The molecule has 5 nitrogen and oxygen atoms in total. The minimum absolute atomic E-state index is 0.0904. The molecule has 1 aromatic rings. The number of carbonyl (C=O) groups is 1. The molecule has 0 bridgehead atoms. The van der Waals surface area contributed by atoms with Gasteiger partial charge < -0.3 is 9.64 Å². The van der Waals surface area contributed by atoms with Gasteiger partial charge in [-0.05, 0) is 38.2 Å². The van der Waals surface area contributed by atoms with Gasteiger partial charge in [-0.25, -0.2) is 0 Å². The standard InChI is InChI=1S/C16H25N3O2/c1-3-4-9-21-13-16(20)19-8-6-5-7-15(19)12-18-11-14(2)10-17-18/h3,10-11,15H,1,4-9,12-13H2,2H3/t15-/m0/s1. The maximum atomic E-state index is 12.3. The molecule has 0 aliphatic carbocycles. The van der Waals surface area contributed by atoms with Crippen LogP contribution in [-0.4, -0.2) is 46.4 Å². The largest absolute Gasteiger partial charge is 0.371 e. The number of ether oxygens (including phenoxy) is 1. The molecule has 0 N–H and O–H groups in total. The molecule has 1 aromatic heterocycles. The zero-order valence-corrected chi connectivity index (χ0v) is 12.8. The molecule has 5 heteroatoms. The summed E-state index contributed by atoms with van der Waals surface area (Å²) in [5.41, 5.74) is 1.15. The van der Waals surface area contributed by atoms with E-state index in [1.807, 2.05) is 28.9 Å². The van der Waals surface area contributed by atoms with Crippen molar-refractivity contribution in [2.75, 3.05) is 19.8 Å². The molecular weight excluding hydrogens is 266 g/mol. The van der Waals surface area contributed by atoms with Crippen molar-refractivity contribution in [3.63, 3.8) is 0 Å². The van der Waals surface area contributed by atoms with E-state index in [2.05, 4.69) is 11.7 Å². The Morgan fingerprint density at radius 1 is 1.57 bits per heavy atom. The van der Waals surface area contributed by atoms with E-state index in [1.54, 1.807) is 6.08 Å². The van der Waals surface area contributed by atoms with Gasteiger partial charge in [0.1, 0.15) is 6.61 Å². The van der Waals surface area contributed by atoms with Crippen molar-refractivity contribution >= 4 is 5.91 Å². The fourth-order valence-corrected chi connectivity index (χ4v) is 2.71. The van der Waals surface area contributed by atoms with Crippen LogP contribution in [0.5, 0.6) is 0 Å². The predicted octanol–water partition coefficient (Wildman–Crippen LogP) is 2.17. The third-order valence-electron chi connectivity index (χ3n) is 3.80. The first-order valence-electron chi connectivity index (χ1n) is 7.68. The molecule has 1 saturated heterocycles. The van der Waals surface area contributed by atoms with Crippen LogP contribution in [-0.2, 0) is 16.1 Å². The first-order valence-corrected chi connectivity index (χ1v) is 7.68. The van der Waals surface area contributed by atoms with E-state index in [0.29, 0.717) is 6.61 Å². The summed E-state index contributed by atoms with van der Waals surface area (Å²) in [6.07, 6.45) is 9.75. The second-order valence-electron chi connectivity index (χ2n) is 5.61. The molecule has 0 unspecified atom stereocenters. The summed E-state index contributed by atoms with van der Waals surface area (Å²) in [5, 5.41) is 4.33. The topological polar surface area (TPSA) is 47.4 Å². The summed E-state index contributed by atoms with van der Waals surface area (Å²) in [6.45, 7) is 8.00. The first-order chi connectivity index (χ1) is 10.2. The highest BCUT2D eigenvalue weighted by molar-refractivity contribution is 5.77. The van der Waals surface area contributed by atoms with E-state index in [0.717, 1.165) is 37.9 Å². The van der Waals surface area contributed by atoms with E-state index in [-0.39, 0.29) is 18.6 Å². The molecule has 1 atom stereocenters. The zero-order chi connectivity index (χ0) is 15.1. The van der Waals surface area contributed by atoms with E-state index in [1.165, 1.54) is 6.42 Å². The Balaban J connectivity index is 1.88. The Hall–Kier alpha value is -1.62. The monoisotopic (exact) mass is 291 g/mol. The number of rotatable bonds is 7. The molecule has 1 aliphatic heterocycles. The smallest absolute Gasteiger partial charge is 0.248 e. The predicted molar refractivity (Wildman–Crippen MR) is 81.9 cm³/mol. The van der Waals surface area contributed by atoms with Crippen LogP contribution in [0.4, 0.5) is 0 Å². The fourth-order valence-electron chi connectivity index (χ4n) is 2.71. The summed E-state index contributed by atoms with van der Waals surface area (Å²) in [7, 11) is 0. The lowest BCUT2D eigenvalue weighted by Gasteiger charge is -2.35. The van der Waals surface area contributed by atoms with Gasteiger partial charge in [0.25, 0.3) is 0 Å². The van der Waals surface area contributed by atoms with Crippen LogP contribution < -0.4 is 0 Å². The number of amides is 1. The normalized spacial score (nSPS) is 18.7. The van der Waals surface area contributed by atoms with Gasteiger partial charge in [-0.3, -0.25) is 9.48 Å². The molecule has 2 rings (SSSR count). The Kier molecular flexibility index (Phi) is 5.99. The van der Waals surface area contributed by atoms with Gasteiger partial charge in [-0.15, -0.1) is 6.58 Å². The molecule has 1 amide bonds. The summed E-state index contributed by atoms with van der Waals surface area (Å²) in [4.78, 5) is 14.3. The van der Waals surface area contributed by atoms with Crippen molar-refractivity contribution in [1.29, 1.82) is 0 Å². The Bertz CT molecular complexity index is 470. The van der Waals surface area contributed by atoms with Crippen LogP contribution in [0.15, 0.2) is 25.0 Å². The quantitative estimate of drug-likeness (QED) is 0.571. The molecule has 1 fully saturated rings. The molecule has 2 heterocycles. The second kappa shape index (κ2) is 7.98. The molecular formula is C16H25N3O2. The van der Waals surface area contributed by atoms with Gasteiger partial charge in [0.05, 0.1) is 25.4 Å². The highest BCUT2D eigenvalue weighted by Crippen LogP contribution is 2.19. The number of aryl methyl sites for hydroxylation is 1. The number of nitrogens with zero attached hydrogens (tertiary/aromatic N) is 3. The van der Waals surface area contributed by atoms with Crippen LogP contribution in [0.3, 0.4) is 0 Å². The van der Waals surface area contributed by atoms with Gasteiger partial charge in [0, 0.05) is 12.7 Å².